The zero-order valence-electron chi connectivity index (χ0n) is 11.8. The Balaban J connectivity index is 2.06. The molecule has 102 valence electrons. The second-order valence-electron chi connectivity index (χ2n) is 4.84. The fraction of sp³-hybridized carbons (Fsp3) is 0.400. The molecule has 0 amide bonds. The van der Waals surface area contributed by atoms with Crippen molar-refractivity contribution in [3.8, 4) is 0 Å². The van der Waals surface area contributed by atoms with Gasteiger partial charge in [-0.3, -0.25) is 0 Å². The van der Waals surface area contributed by atoms with Gasteiger partial charge in [-0.15, -0.1) is 0 Å². The van der Waals surface area contributed by atoms with Crippen LogP contribution in [-0.2, 0) is 11.3 Å². The molecule has 0 radical (unpaired) electrons. The summed E-state index contributed by atoms with van der Waals surface area (Å²) in [4.78, 5) is 4.32. The van der Waals surface area contributed by atoms with E-state index in [1.807, 2.05) is 10.8 Å². The summed E-state index contributed by atoms with van der Waals surface area (Å²) in [6.07, 6.45) is 3.74. The number of ether oxygens (including phenoxy) is 1. The Morgan fingerprint density at radius 2 is 2.00 bits per heavy atom. The molecule has 0 aliphatic rings. The summed E-state index contributed by atoms with van der Waals surface area (Å²) >= 11 is 0. The molecule has 2 aromatic rings. The topological polar surface area (TPSA) is 39.1 Å². The third-order valence-corrected chi connectivity index (χ3v) is 3.09. The minimum Gasteiger partial charge on any atom is -0.383 e. The number of nitrogens with one attached hydrogen (secondary N) is 1. The quantitative estimate of drug-likeness (QED) is 0.864. The molecule has 0 fully saturated rings. The Kier molecular flexibility index (Phi) is 4.58. The van der Waals surface area contributed by atoms with Crippen molar-refractivity contribution < 1.29 is 4.74 Å². The molecule has 1 N–H and O–H groups in total. The SMILES string of the molecule is COCCn1ccnc1Nc1ccc(C(C)C)cc1. The predicted octanol–water partition coefficient (Wildman–Crippen LogP) is 3.40. The third kappa shape index (κ3) is 3.58. The van der Waals surface area contributed by atoms with E-state index < -0.39 is 0 Å². The summed E-state index contributed by atoms with van der Waals surface area (Å²) in [6.45, 7) is 5.86. The molecule has 4 heteroatoms. The molecule has 0 bridgehead atoms. The summed E-state index contributed by atoms with van der Waals surface area (Å²) in [5, 5.41) is 3.32. The maximum atomic E-state index is 5.09. The van der Waals surface area contributed by atoms with Crippen LogP contribution in [0.25, 0.3) is 0 Å². The van der Waals surface area contributed by atoms with Crippen LogP contribution in [0.4, 0.5) is 11.6 Å². The standard InChI is InChI=1S/C15H21N3O/c1-12(2)13-4-6-14(7-5-13)17-15-16-8-9-18(15)10-11-19-3/h4-9,12H,10-11H2,1-3H3,(H,16,17). The lowest BCUT2D eigenvalue weighted by molar-refractivity contribution is 0.188. The first-order valence-electron chi connectivity index (χ1n) is 6.57. The lowest BCUT2D eigenvalue weighted by atomic mass is 10.0. The Bertz CT molecular complexity index is 502. The molecule has 2 rings (SSSR count). The first-order chi connectivity index (χ1) is 9.20. The van der Waals surface area contributed by atoms with Crippen LogP contribution in [0.2, 0.25) is 0 Å². The van der Waals surface area contributed by atoms with Gasteiger partial charge in [-0.25, -0.2) is 4.98 Å². The second kappa shape index (κ2) is 6.38. The van der Waals surface area contributed by atoms with Crippen LogP contribution < -0.4 is 5.32 Å². The Labute approximate surface area is 114 Å². The van der Waals surface area contributed by atoms with Crippen molar-refractivity contribution >= 4 is 11.6 Å². The molecular weight excluding hydrogens is 238 g/mol. The summed E-state index contributed by atoms with van der Waals surface area (Å²) in [6, 6.07) is 8.47. The molecule has 0 spiro atoms. The van der Waals surface area contributed by atoms with Crippen molar-refractivity contribution in [2.45, 2.75) is 26.3 Å². The number of methoxy groups -OCH3 is 1. The highest BCUT2D eigenvalue weighted by atomic mass is 16.5. The average Bonchev–Trinajstić information content (AvgIpc) is 2.84. The van der Waals surface area contributed by atoms with Gasteiger partial charge in [0.1, 0.15) is 0 Å². The molecular formula is C15H21N3O. The van der Waals surface area contributed by atoms with Crippen LogP contribution in [0.15, 0.2) is 36.7 Å². The Morgan fingerprint density at radius 1 is 1.26 bits per heavy atom. The summed E-state index contributed by atoms with van der Waals surface area (Å²) in [5.41, 5.74) is 2.39. The van der Waals surface area contributed by atoms with Gasteiger partial charge >= 0.3 is 0 Å². The van der Waals surface area contributed by atoms with Gasteiger partial charge in [-0.05, 0) is 23.6 Å². The van der Waals surface area contributed by atoms with E-state index >= 15 is 0 Å². The molecule has 19 heavy (non-hydrogen) atoms. The van der Waals surface area contributed by atoms with E-state index in [4.69, 9.17) is 4.74 Å². The largest absolute Gasteiger partial charge is 0.383 e. The van der Waals surface area contributed by atoms with E-state index in [9.17, 15) is 0 Å². The zero-order valence-corrected chi connectivity index (χ0v) is 11.8. The van der Waals surface area contributed by atoms with Gasteiger partial charge < -0.3 is 14.6 Å². The average molecular weight is 259 g/mol. The van der Waals surface area contributed by atoms with Crippen LogP contribution >= 0.6 is 0 Å². The number of hydrogen-bond donors (Lipinski definition) is 1. The fourth-order valence-corrected chi connectivity index (χ4v) is 1.88. The summed E-state index contributed by atoms with van der Waals surface area (Å²) in [7, 11) is 1.70. The number of rotatable bonds is 6. The number of imidazole rings is 1. The highest BCUT2D eigenvalue weighted by Gasteiger charge is 2.03. The molecule has 0 aliphatic carbocycles. The molecule has 0 saturated carbocycles. The normalized spacial score (nSPS) is 10.9. The Morgan fingerprint density at radius 3 is 2.63 bits per heavy atom. The molecule has 1 aromatic carbocycles. The maximum Gasteiger partial charge on any atom is 0.207 e. The second-order valence-corrected chi connectivity index (χ2v) is 4.84. The lowest BCUT2D eigenvalue weighted by Gasteiger charge is -2.11. The number of benzene rings is 1. The van der Waals surface area contributed by atoms with Crippen LogP contribution in [0.1, 0.15) is 25.3 Å². The van der Waals surface area contributed by atoms with E-state index in [0.29, 0.717) is 12.5 Å². The van der Waals surface area contributed by atoms with Crippen molar-refractivity contribution in [1.82, 2.24) is 9.55 Å². The van der Waals surface area contributed by atoms with Crippen molar-refractivity contribution in [2.24, 2.45) is 0 Å². The van der Waals surface area contributed by atoms with Gasteiger partial charge in [0.2, 0.25) is 5.95 Å². The third-order valence-electron chi connectivity index (χ3n) is 3.09. The molecule has 0 unspecified atom stereocenters. The van der Waals surface area contributed by atoms with E-state index in [1.165, 1.54) is 5.56 Å². The van der Waals surface area contributed by atoms with Gasteiger partial charge in [0.15, 0.2) is 0 Å². The van der Waals surface area contributed by atoms with E-state index in [-0.39, 0.29) is 0 Å². The van der Waals surface area contributed by atoms with E-state index in [0.717, 1.165) is 18.2 Å². The van der Waals surface area contributed by atoms with Crippen molar-refractivity contribution in [2.75, 3.05) is 19.0 Å². The first-order valence-corrected chi connectivity index (χ1v) is 6.57. The minimum atomic E-state index is 0.553. The Hall–Kier alpha value is -1.81. The highest BCUT2D eigenvalue weighted by Crippen LogP contribution is 2.19. The van der Waals surface area contributed by atoms with Gasteiger partial charge in [0.25, 0.3) is 0 Å². The van der Waals surface area contributed by atoms with Gasteiger partial charge in [-0.1, -0.05) is 26.0 Å². The predicted molar refractivity (Wildman–Crippen MR) is 77.9 cm³/mol. The van der Waals surface area contributed by atoms with Crippen LogP contribution in [-0.4, -0.2) is 23.3 Å². The monoisotopic (exact) mass is 259 g/mol. The molecule has 0 atom stereocenters. The van der Waals surface area contributed by atoms with Gasteiger partial charge in [0.05, 0.1) is 6.61 Å². The van der Waals surface area contributed by atoms with E-state index in [2.05, 4.69) is 48.4 Å². The first kappa shape index (κ1) is 13.6. The number of anilines is 2. The highest BCUT2D eigenvalue weighted by molar-refractivity contribution is 5.54. The van der Waals surface area contributed by atoms with E-state index in [1.54, 1.807) is 13.3 Å². The van der Waals surface area contributed by atoms with Crippen molar-refractivity contribution in [1.29, 1.82) is 0 Å². The van der Waals surface area contributed by atoms with Crippen molar-refractivity contribution in [3.05, 3.63) is 42.2 Å². The smallest absolute Gasteiger partial charge is 0.207 e. The molecule has 1 aromatic heterocycles. The van der Waals surface area contributed by atoms with Crippen LogP contribution in [0.5, 0.6) is 0 Å². The summed E-state index contributed by atoms with van der Waals surface area (Å²) < 4.78 is 7.13. The number of aromatic nitrogens is 2. The van der Waals surface area contributed by atoms with Gasteiger partial charge in [-0.2, -0.15) is 0 Å². The van der Waals surface area contributed by atoms with Crippen molar-refractivity contribution in [3.63, 3.8) is 0 Å². The zero-order chi connectivity index (χ0) is 13.7. The van der Waals surface area contributed by atoms with Crippen LogP contribution in [0.3, 0.4) is 0 Å². The number of nitrogens with zero attached hydrogens (tertiary/aromatic N) is 2. The lowest BCUT2D eigenvalue weighted by Crippen LogP contribution is -2.07. The molecule has 0 aliphatic heterocycles. The molecule has 1 heterocycles. The van der Waals surface area contributed by atoms with Crippen LogP contribution in [0, 0.1) is 0 Å². The number of hydrogen-bond acceptors (Lipinski definition) is 3. The summed E-state index contributed by atoms with van der Waals surface area (Å²) in [5.74, 6) is 1.40. The molecule has 4 nitrogen and oxygen atoms in total. The maximum absolute atomic E-state index is 5.09. The molecule has 0 saturated heterocycles. The minimum absolute atomic E-state index is 0.553. The van der Waals surface area contributed by atoms with Gasteiger partial charge in [0, 0.05) is 31.7 Å². The fourth-order valence-electron chi connectivity index (χ4n) is 1.88.